The third-order valence-electron chi connectivity index (χ3n) is 5.95. The molecule has 1 atom stereocenters. The van der Waals surface area contributed by atoms with Crippen LogP contribution in [0.25, 0.3) is 5.69 Å². The zero-order valence-electron chi connectivity index (χ0n) is 18.8. The molecule has 8 heteroatoms. The van der Waals surface area contributed by atoms with E-state index in [1.54, 1.807) is 12.1 Å². The van der Waals surface area contributed by atoms with E-state index in [0.717, 1.165) is 24.2 Å². The number of nitrogens with one attached hydrogen (secondary N) is 2. The minimum absolute atomic E-state index is 0.0268. The summed E-state index contributed by atoms with van der Waals surface area (Å²) in [5.41, 5.74) is 3.47. The van der Waals surface area contributed by atoms with Crippen LogP contribution in [0.2, 0.25) is 0 Å². The molecule has 0 bridgehead atoms. The first-order valence-electron chi connectivity index (χ1n) is 11.1. The van der Waals surface area contributed by atoms with E-state index < -0.39 is 5.82 Å². The average molecular weight is 450 g/mol. The maximum Gasteiger partial charge on any atom is 0.319 e. The Bertz CT molecular complexity index is 1140. The van der Waals surface area contributed by atoms with Gasteiger partial charge in [0.05, 0.1) is 22.6 Å². The number of rotatable bonds is 5. The quantitative estimate of drug-likeness (QED) is 0.610. The van der Waals surface area contributed by atoms with Gasteiger partial charge >= 0.3 is 6.03 Å². The van der Waals surface area contributed by atoms with Crippen LogP contribution in [0.3, 0.4) is 0 Å². The van der Waals surface area contributed by atoms with Crippen LogP contribution in [0.15, 0.2) is 54.6 Å². The van der Waals surface area contributed by atoms with Gasteiger partial charge in [-0.3, -0.25) is 4.79 Å². The van der Waals surface area contributed by atoms with Gasteiger partial charge in [0.15, 0.2) is 0 Å². The van der Waals surface area contributed by atoms with Crippen LogP contribution >= 0.6 is 0 Å². The minimum atomic E-state index is -0.407. The first-order chi connectivity index (χ1) is 15.9. The lowest BCUT2D eigenvalue weighted by atomic mass is 9.97. The number of benzene rings is 2. The first-order valence-corrected chi connectivity index (χ1v) is 11.1. The summed E-state index contributed by atoms with van der Waals surface area (Å²) in [6.07, 6.45) is 1.79. The van der Waals surface area contributed by atoms with E-state index in [1.165, 1.54) is 12.1 Å². The number of halogens is 1. The van der Waals surface area contributed by atoms with E-state index >= 15 is 0 Å². The Kier molecular flexibility index (Phi) is 6.72. The second kappa shape index (κ2) is 9.85. The average Bonchev–Trinajstić information content (AvgIpc) is 3.12. The summed E-state index contributed by atoms with van der Waals surface area (Å²) < 4.78 is 15.1. The number of urea groups is 1. The second-order valence-corrected chi connectivity index (χ2v) is 8.40. The predicted octanol–water partition coefficient (Wildman–Crippen LogP) is 4.30. The molecule has 3 aromatic rings. The SMILES string of the molecule is Cc1nn(-c2ccccc2)c(C)c1C(=O)N1CCCC(CNC(=O)Nc2cccc(F)c2)C1. The van der Waals surface area contributed by atoms with Gasteiger partial charge in [0.2, 0.25) is 0 Å². The Morgan fingerprint density at radius 3 is 2.67 bits per heavy atom. The summed E-state index contributed by atoms with van der Waals surface area (Å²) in [5, 5.41) is 10.1. The molecule has 2 aromatic carbocycles. The van der Waals surface area contributed by atoms with Crippen molar-refractivity contribution in [2.45, 2.75) is 26.7 Å². The molecule has 0 spiro atoms. The summed E-state index contributed by atoms with van der Waals surface area (Å²) in [6.45, 7) is 5.46. The van der Waals surface area contributed by atoms with Gasteiger partial charge < -0.3 is 15.5 Å². The highest BCUT2D eigenvalue weighted by Gasteiger charge is 2.28. The summed E-state index contributed by atoms with van der Waals surface area (Å²) in [5.74, 6) is -0.290. The van der Waals surface area contributed by atoms with Gasteiger partial charge in [-0.05, 0) is 62.9 Å². The molecule has 1 saturated heterocycles. The zero-order chi connectivity index (χ0) is 23.4. The van der Waals surface area contributed by atoms with Crippen LogP contribution in [0, 0.1) is 25.6 Å². The van der Waals surface area contributed by atoms with Crippen molar-refractivity contribution in [3.05, 3.63) is 77.4 Å². The molecule has 3 amide bonds. The summed E-state index contributed by atoms with van der Waals surface area (Å²) in [4.78, 5) is 27.4. The molecule has 33 heavy (non-hydrogen) atoms. The van der Waals surface area contributed by atoms with Gasteiger partial charge in [-0.25, -0.2) is 13.9 Å². The van der Waals surface area contributed by atoms with Crippen molar-refractivity contribution in [3.63, 3.8) is 0 Å². The van der Waals surface area contributed by atoms with Crippen molar-refractivity contribution >= 4 is 17.6 Å². The van der Waals surface area contributed by atoms with Crippen LogP contribution in [0.1, 0.15) is 34.6 Å². The molecule has 0 radical (unpaired) electrons. The summed E-state index contributed by atoms with van der Waals surface area (Å²) in [6, 6.07) is 15.1. The van der Waals surface area contributed by atoms with Crippen molar-refractivity contribution in [2.24, 2.45) is 5.92 Å². The minimum Gasteiger partial charge on any atom is -0.338 e. The van der Waals surface area contributed by atoms with E-state index in [9.17, 15) is 14.0 Å². The highest BCUT2D eigenvalue weighted by Crippen LogP contribution is 2.23. The van der Waals surface area contributed by atoms with Crippen LogP contribution in [-0.2, 0) is 0 Å². The van der Waals surface area contributed by atoms with Gasteiger partial charge in [-0.1, -0.05) is 24.3 Å². The van der Waals surface area contributed by atoms with E-state index in [2.05, 4.69) is 15.7 Å². The number of hydrogen-bond donors (Lipinski definition) is 2. The highest BCUT2D eigenvalue weighted by molar-refractivity contribution is 5.96. The van der Waals surface area contributed by atoms with Gasteiger partial charge in [0.1, 0.15) is 5.82 Å². The van der Waals surface area contributed by atoms with Crippen LogP contribution in [0.5, 0.6) is 0 Å². The fourth-order valence-electron chi connectivity index (χ4n) is 4.33. The maximum atomic E-state index is 13.4. The molecule has 0 aliphatic carbocycles. The lowest BCUT2D eigenvalue weighted by Crippen LogP contribution is -2.44. The van der Waals surface area contributed by atoms with Gasteiger partial charge in [0, 0.05) is 25.3 Å². The second-order valence-electron chi connectivity index (χ2n) is 8.40. The fourth-order valence-corrected chi connectivity index (χ4v) is 4.33. The topological polar surface area (TPSA) is 79.3 Å². The molecule has 1 aliphatic heterocycles. The number of hydrogen-bond acceptors (Lipinski definition) is 3. The number of nitrogens with zero attached hydrogens (tertiary/aromatic N) is 3. The van der Waals surface area contributed by atoms with Crippen LogP contribution < -0.4 is 10.6 Å². The summed E-state index contributed by atoms with van der Waals surface area (Å²) in [7, 11) is 0. The normalized spacial score (nSPS) is 15.8. The number of amides is 3. The summed E-state index contributed by atoms with van der Waals surface area (Å²) >= 11 is 0. The lowest BCUT2D eigenvalue weighted by Gasteiger charge is -2.33. The Labute approximate surface area is 192 Å². The number of aromatic nitrogens is 2. The third-order valence-corrected chi connectivity index (χ3v) is 5.95. The first kappa shape index (κ1) is 22.5. The Hall–Kier alpha value is -3.68. The molecule has 0 saturated carbocycles. The largest absolute Gasteiger partial charge is 0.338 e. The number of anilines is 1. The van der Waals surface area contributed by atoms with E-state index in [0.29, 0.717) is 36.6 Å². The molecule has 172 valence electrons. The third kappa shape index (κ3) is 5.22. The number of piperidine rings is 1. The van der Waals surface area contributed by atoms with Crippen molar-refractivity contribution in [1.29, 1.82) is 0 Å². The zero-order valence-corrected chi connectivity index (χ0v) is 18.8. The number of aryl methyl sites for hydroxylation is 1. The molecule has 7 nitrogen and oxygen atoms in total. The molecule has 4 rings (SSSR count). The molecule has 1 fully saturated rings. The number of carbonyl (C=O) groups is 2. The number of carbonyl (C=O) groups excluding carboxylic acids is 2. The van der Waals surface area contributed by atoms with Gasteiger partial charge in [-0.15, -0.1) is 0 Å². The molecular formula is C25H28FN5O2. The molecule has 2 N–H and O–H groups in total. The molecule has 1 unspecified atom stereocenters. The monoisotopic (exact) mass is 449 g/mol. The number of likely N-dealkylation sites (tertiary alicyclic amines) is 1. The predicted molar refractivity (Wildman–Crippen MR) is 125 cm³/mol. The highest BCUT2D eigenvalue weighted by atomic mass is 19.1. The fraction of sp³-hybridized carbons (Fsp3) is 0.320. The Morgan fingerprint density at radius 2 is 1.91 bits per heavy atom. The number of para-hydroxylation sites is 1. The van der Waals surface area contributed by atoms with Crippen LogP contribution in [-0.4, -0.2) is 46.3 Å². The van der Waals surface area contributed by atoms with Crippen molar-refractivity contribution in [1.82, 2.24) is 20.0 Å². The standard InChI is InChI=1S/C25H28FN5O2/c1-17-23(18(2)31(29-17)22-11-4-3-5-12-22)24(32)30-13-7-8-19(16-30)15-27-25(33)28-21-10-6-9-20(26)14-21/h3-6,9-12,14,19H,7-8,13,15-16H2,1-2H3,(H2,27,28,33). The van der Waals surface area contributed by atoms with Gasteiger partial charge in [-0.2, -0.15) is 5.10 Å². The van der Waals surface area contributed by atoms with Crippen molar-refractivity contribution in [2.75, 3.05) is 25.0 Å². The van der Waals surface area contributed by atoms with E-state index in [-0.39, 0.29) is 17.9 Å². The Balaban J connectivity index is 1.38. The molecule has 1 aromatic heterocycles. The van der Waals surface area contributed by atoms with E-state index in [4.69, 9.17) is 0 Å². The van der Waals surface area contributed by atoms with Crippen LogP contribution in [0.4, 0.5) is 14.9 Å². The molecule has 2 heterocycles. The molecule has 1 aliphatic rings. The van der Waals surface area contributed by atoms with E-state index in [1.807, 2.05) is 53.8 Å². The van der Waals surface area contributed by atoms with Crippen molar-refractivity contribution < 1.29 is 14.0 Å². The maximum absolute atomic E-state index is 13.4. The Morgan fingerprint density at radius 1 is 1.12 bits per heavy atom. The lowest BCUT2D eigenvalue weighted by molar-refractivity contribution is 0.0673. The van der Waals surface area contributed by atoms with Crippen molar-refractivity contribution in [3.8, 4) is 5.69 Å². The molecular weight excluding hydrogens is 421 g/mol. The smallest absolute Gasteiger partial charge is 0.319 e. The van der Waals surface area contributed by atoms with Gasteiger partial charge in [0.25, 0.3) is 5.91 Å².